The van der Waals surface area contributed by atoms with E-state index in [1.807, 2.05) is 48.2 Å². The van der Waals surface area contributed by atoms with Crippen molar-refractivity contribution >= 4 is 11.7 Å². The van der Waals surface area contributed by atoms with Crippen molar-refractivity contribution in [1.29, 1.82) is 0 Å². The highest BCUT2D eigenvalue weighted by Gasteiger charge is 2.20. The van der Waals surface area contributed by atoms with Gasteiger partial charge >= 0.3 is 0 Å². The van der Waals surface area contributed by atoms with Crippen LogP contribution in [0.1, 0.15) is 12.7 Å². The van der Waals surface area contributed by atoms with Crippen LogP contribution < -0.4 is 9.64 Å². The highest BCUT2D eigenvalue weighted by Crippen LogP contribution is 2.23. The van der Waals surface area contributed by atoms with Gasteiger partial charge in [0.15, 0.2) is 0 Å². The number of carbonyl (C=O) groups is 1. The van der Waals surface area contributed by atoms with E-state index in [1.54, 1.807) is 6.92 Å². The molecule has 0 saturated carbocycles. The van der Waals surface area contributed by atoms with Crippen LogP contribution in [-0.4, -0.2) is 47.0 Å². The Bertz CT molecular complexity index is 682. The second kappa shape index (κ2) is 6.64. The first kappa shape index (κ1) is 15.3. The number of ether oxygens (including phenoxy) is 1. The number of para-hydroxylation sites is 1. The third-order valence-corrected chi connectivity index (χ3v) is 3.82. The molecule has 0 bridgehead atoms. The van der Waals surface area contributed by atoms with Gasteiger partial charge in [-0.3, -0.25) is 4.79 Å². The standard InChI is InChI=1S/C17H20N4O2/c1-13-18-16(21-10-8-20(9-11-21)14(2)22)12-17(19-13)23-15-6-4-3-5-7-15/h3-7,12H,8-11H2,1-2H3. The van der Waals surface area contributed by atoms with Crippen LogP contribution in [0.4, 0.5) is 5.82 Å². The zero-order valence-corrected chi connectivity index (χ0v) is 13.4. The minimum Gasteiger partial charge on any atom is -0.439 e. The molecule has 23 heavy (non-hydrogen) atoms. The van der Waals surface area contributed by atoms with Gasteiger partial charge in [0, 0.05) is 39.2 Å². The molecule has 1 aromatic heterocycles. The molecule has 1 fully saturated rings. The van der Waals surface area contributed by atoms with Crippen molar-refractivity contribution in [3.63, 3.8) is 0 Å². The van der Waals surface area contributed by atoms with Gasteiger partial charge in [0.1, 0.15) is 17.4 Å². The largest absolute Gasteiger partial charge is 0.439 e. The average Bonchev–Trinajstić information content (AvgIpc) is 2.55. The molecule has 120 valence electrons. The van der Waals surface area contributed by atoms with Gasteiger partial charge in [0.25, 0.3) is 0 Å². The topological polar surface area (TPSA) is 58.6 Å². The molecule has 1 amide bonds. The quantitative estimate of drug-likeness (QED) is 0.870. The summed E-state index contributed by atoms with van der Waals surface area (Å²) in [7, 11) is 0. The zero-order valence-electron chi connectivity index (χ0n) is 13.4. The van der Waals surface area contributed by atoms with Crippen LogP contribution in [0, 0.1) is 6.92 Å². The van der Waals surface area contributed by atoms with Crippen LogP contribution in [0.5, 0.6) is 11.6 Å². The molecule has 6 heteroatoms. The van der Waals surface area contributed by atoms with E-state index >= 15 is 0 Å². The number of nitrogens with zero attached hydrogens (tertiary/aromatic N) is 4. The van der Waals surface area contributed by atoms with E-state index in [1.165, 1.54) is 0 Å². The second-order valence-corrected chi connectivity index (χ2v) is 5.52. The van der Waals surface area contributed by atoms with E-state index < -0.39 is 0 Å². The Balaban J connectivity index is 1.75. The minimum absolute atomic E-state index is 0.122. The Morgan fingerprint density at radius 1 is 1.09 bits per heavy atom. The number of aromatic nitrogens is 2. The molecule has 0 spiro atoms. The van der Waals surface area contributed by atoms with E-state index in [0.29, 0.717) is 24.8 Å². The number of anilines is 1. The van der Waals surface area contributed by atoms with Crippen molar-refractivity contribution in [1.82, 2.24) is 14.9 Å². The monoisotopic (exact) mass is 312 g/mol. The van der Waals surface area contributed by atoms with Gasteiger partial charge in [-0.25, -0.2) is 4.98 Å². The molecule has 1 aliphatic heterocycles. The molecular weight excluding hydrogens is 292 g/mol. The summed E-state index contributed by atoms with van der Waals surface area (Å²) < 4.78 is 5.81. The maximum absolute atomic E-state index is 11.4. The predicted octanol–water partition coefficient (Wildman–Crippen LogP) is 2.25. The first-order valence-corrected chi connectivity index (χ1v) is 7.71. The average molecular weight is 312 g/mol. The normalized spacial score (nSPS) is 14.7. The van der Waals surface area contributed by atoms with Crippen LogP contribution in [0.15, 0.2) is 36.4 Å². The minimum atomic E-state index is 0.122. The summed E-state index contributed by atoms with van der Waals surface area (Å²) in [5.74, 6) is 2.91. The smallest absolute Gasteiger partial charge is 0.224 e. The van der Waals surface area contributed by atoms with E-state index in [-0.39, 0.29) is 5.91 Å². The fourth-order valence-electron chi connectivity index (χ4n) is 2.60. The SMILES string of the molecule is CC(=O)N1CCN(c2cc(Oc3ccccc3)nc(C)n2)CC1. The molecule has 0 atom stereocenters. The number of rotatable bonds is 3. The molecule has 2 aromatic rings. The van der Waals surface area contributed by atoms with E-state index in [0.717, 1.165) is 24.7 Å². The Morgan fingerprint density at radius 3 is 2.43 bits per heavy atom. The number of carbonyl (C=O) groups excluding carboxylic acids is 1. The predicted molar refractivity (Wildman–Crippen MR) is 87.8 cm³/mol. The fraction of sp³-hybridized carbons (Fsp3) is 0.353. The Labute approximate surface area is 135 Å². The lowest BCUT2D eigenvalue weighted by Gasteiger charge is -2.35. The maximum Gasteiger partial charge on any atom is 0.224 e. The molecule has 0 radical (unpaired) electrons. The number of aryl methyl sites for hydroxylation is 1. The van der Waals surface area contributed by atoms with E-state index in [2.05, 4.69) is 14.9 Å². The van der Waals surface area contributed by atoms with Crippen LogP contribution in [-0.2, 0) is 4.79 Å². The zero-order chi connectivity index (χ0) is 16.2. The van der Waals surface area contributed by atoms with Crippen LogP contribution in [0.2, 0.25) is 0 Å². The summed E-state index contributed by atoms with van der Waals surface area (Å²) >= 11 is 0. The summed E-state index contributed by atoms with van der Waals surface area (Å²) in [4.78, 5) is 24.3. The molecule has 0 aliphatic carbocycles. The first-order valence-electron chi connectivity index (χ1n) is 7.71. The van der Waals surface area contributed by atoms with Crippen molar-refractivity contribution in [2.24, 2.45) is 0 Å². The Morgan fingerprint density at radius 2 is 1.78 bits per heavy atom. The molecule has 6 nitrogen and oxygen atoms in total. The third-order valence-electron chi connectivity index (χ3n) is 3.82. The van der Waals surface area contributed by atoms with E-state index in [9.17, 15) is 4.79 Å². The summed E-state index contributed by atoms with van der Waals surface area (Å²) in [6.45, 7) is 6.42. The molecule has 0 unspecified atom stereocenters. The van der Waals surface area contributed by atoms with Gasteiger partial charge in [-0.05, 0) is 19.1 Å². The molecule has 1 aliphatic rings. The van der Waals surface area contributed by atoms with Gasteiger partial charge in [-0.1, -0.05) is 18.2 Å². The first-order chi connectivity index (χ1) is 11.1. The van der Waals surface area contributed by atoms with Crippen molar-refractivity contribution in [2.45, 2.75) is 13.8 Å². The Hall–Kier alpha value is -2.63. The van der Waals surface area contributed by atoms with E-state index in [4.69, 9.17) is 4.74 Å². The lowest BCUT2D eigenvalue weighted by atomic mass is 10.3. The second-order valence-electron chi connectivity index (χ2n) is 5.52. The highest BCUT2D eigenvalue weighted by molar-refractivity contribution is 5.73. The van der Waals surface area contributed by atoms with Crippen molar-refractivity contribution in [3.8, 4) is 11.6 Å². The number of hydrogen-bond donors (Lipinski definition) is 0. The molecular formula is C17H20N4O2. The lowest BCUT2D eigenvalue weighted by Crippen LogP contribution is -2.48. The molecule has 1 aromatic carbocycles. The maximum atomic E-state index is 11.4. The fourth-order valence-corrected chi connectivity index (χ4v) is 2.60. The number of hydrogen-bond acceptors (Lipinski definition) is 5. The number of piperazine rings is 1. The van der Waals surface area contributed by atoms with Gasteiger partial charge in [0.05, 0.1) is 0 Å². The highest BCUT2D eigenvalue weighted by atomic mass is 16.5. The van der Waals surface area contributed by atoms with Crippen LogP contribution in [0.3, 0.4) is 0 Å². The number of amides is 1. The Kier molecular flexibility index (Phi) is 4.41. The van der Waals surface area contributed by atoms with Crippen molar-refractivity contribution in [3.05, 3.63) is 42.2 Å². The third kappa shape index (κ3) is 3.77. The molecule has 0 N–H and O–H groups in total. The van der Waals surface area contributed by atoms with Crippen molar-refractivity contribution < 1.29 is 9.53 Å². The van der Waals surface area contributed by atoms with Gasteiger partial charge in [0.2, 0.25) is 11.8 Å². The summed E-state index contributed by atoms with van der Waals surface area (Å²) in [6, 6.07) is 11.4. The van der Waals surface area contributed by atoms with Crippen molar-refractivity contribution in [2.75, 3.05) is 31.1 Å². The van der Waals surface area contributed by atoms with Crippen LogP contribution >= 0.6 is 0 Å². The molecule has 3 rings (SSSR count). The molecule has 2 heterocycles. The van der Waals surface area contributed by atoms with Gasteiger partial charge in [-0.2, -0.15) is 4.98 Å². The van der Waals surface area contributed by atoms with Gasteiger partial charge < -0.3 is 14.5 Å². The summed E-state index contributed by atoms with van der Waals surface area (Å²) in [6.07, 6.45) is 0. The lowest BCUT2D eigenvalue weighted by molar-refractivity contribution is -0.129. The summed E-state index contributed by atoms with van der Waals surface area (Å²) in [5.41, 5.74) is 0. The van der Waals surface area contributed by atoms with Gasteiger partial charge in [-0.15, -0.1) is 0 Å². The summed E-state index contributed by atoms with van der Waals surface area (Å²) in [5, 5.41) is 0. The number of benzene rings is 1. The molecule has 1 saturated heterocycles. The van der Waals surface area contributed by atoms with Crippen LogP contribution in [0.25, 0.3) is 0 Å².